The summed E-state index contributed by atoms with van der Waals surface area (Å²) in [6, 6.07) is 0.273. The van der Waals surface area contributed by atoms with E-state index in [4.69, 9.17) is 10.5 Å². The predicted octanol–water partition coefficient (Wildman–Crippen LogP) is 0.224. The largest absolute Gasteiger partial charge is 0.385 e. The molecule has 74 valence electrons. The van der Waals surface area contributed by atoms with E-state index in [-0.39, 0.29) is 6.04 Å². The van der Waals surface area contributed by atoms with Gasteiger partial charge in [0.1, 0.15) is 0 Å². The van der Waals surface area contributed by atoms with Gasteiger partial charge in [0.25, 0.3) is 0 Å². The average Bonchev–Trinajstić information content (AvgIpc) is 2.48. The molecule has 0 radical (unpaired) electrons. The maximum Gasteiger partial charge on any atom is 0.243 e. The van der Waals surface area contributed by atoms with E-state index in [1.807, 2.05) is 6.92 Å². The van der Waals surface area contributed by atoms with Crippen molar-refractivity contribution in [2.45, 2.75) is 19.4 Å². The van der Waals surface area contributed by atoms with Crippen molar-refractivity contribution in [3.05, 3.63) is 0 Å². The number of H-pyrrole nitrogens is 1. The fourth-order valence-corrected chi connectivity index (χ4v) is 0.926. The fraction of sp³-hybridized carbons (Fsp3) is 0.714. The normalized spacial score (nSPS) is 12.8. The molecule has 6 heteroatoms. The maximum absolute atomic E-state index is 5.36. The lowest BCUT2D eigenvalue weighted by Gasteiger charge is -2.10. The van der Waals surface area contributed by atoms with Gasteiger partial charge in [0, 0.05) is 19.8 Å². The van der Waals surface area contributed by atoms with Gasteiger partial charge in [0.2, 0.25) is 11.9 Å². The number of nitrogens with one attached hydrogen (secondary N) is 2. The molecule has 1 heterocycles. The molecule has 1 rings (SSSR count). The van der Waals surface area contributed by atoms with E-state index in [0.29, 0.717) is 18.5 Å². The van der Waals surface area contributed by atoms with Crippen LogP contribution in [0.1, 0.15) is 13.3 Å². The summed E-state index contributed by atoms with van der Waals surface area (Å²) in [6.07, 6.45) is 0.908. The first-order chi connectivity index (χ1) is 6.22. The summed E-state index contributed by atoms with van der Waals surface area (Å²) in [6.45, 7) is 2.75. The van der Waals surface area contributed by atoms with Gasteiger partial charge in [-0.05, 0) is 13.3 Å². The van der Waals surface area contributed by atoms with E-state index in [2.05, 4.69) is 20.5 Å². The molecule has 4 N–H and O–H groups in total. The highest BCUT2D eigenvalue weighted by Crippen LogP contribution is 2.03. The van der Waals surface area contributed by atoms with E-state index in [9.17, 15) is 0 Å². The molecule has 0 aromatic carbocycles. The summed E-state index contributed by atoms with van der Waals surface area (Å²) in [5.74, 6) is 0.850. The molecule has 1 aromatic rings. The summed E-state index contributed by atoms with van der Waals surface area (Å²) in [5.41, 5.74) is 5.36. The quantitative estimate of drug-likeness (QED) is 0.610. The highest BCUT2D eigenvalue weighted by atomic mass is 16.5. The molecule has 13 heavy (non-hydrogen) atoms. The van der Waals surface area contributed by atoms with Crippen molar-refractivity contribution in [2.75, 3.05) is 24.8 Å². The van der Waals surface area contributed by atoms with Crippen LogP contribution in [0.5, 0.6) is 0 Å². The highest BCUT2D eigenvalue weighted by molar-refractivity contribution is 5.30. The number of anilines is 2. The number of rotatable bonds is 5. The second kappa shape index (κ2) is 4.66. The van der Waals surface area contributed by atoms with Crippen molar-refractivity contribution in [3.8, 4) is 0 Å². The van der Waals surface area contributed by atoms with Gasteiger partial charge in [-0.1, -0.05) is 0 Å². The maximum atomic E-state index is 5.36. The van der Waals surface area contributed by atoms with Gasteiger partial charge in [0.05, 0.1) is 0 Å². The van der Waals surface area contributed by atoms with Crippen molar-refractivity contribution in [3.63, 3.8) is 0 Å². The Kier molecular flexibility index (Phi) is 3.51. The number of hydrogen-bond acceptors (Lipinski definition) is 5. The van der Waals surface area contributed by atoms with Crippen LogP contribution < -0.4 is 11.1 Å². The Morgan fingerprint density at radius 2 is 2.46 bits per heavy atom. The molecule has 1 unspecified atom stereocenters. The van der Waals surface area contributed by atoms with Gasteiger partial charge in [-0.15, -0.1) is 5.10 Å². The third-order valence-electron chi connectivity index (χ3n) is 1.63. The first kappa shape index (κ1) is 9.79. The number of aromatic nitrogens is 3. The Bertz CT molecular complexity index is 249. The van der Waals surface area contributed by atoms with Crippen LogP contribution in [0.4, 0.5) is 11.9 Å². The van der Waals surface area contributed by atoms with Gasteiger partial charge in [-0.3, -0.25) is 0 Å². The lowest BCUT2D eigenvalue weighted by atomic mass is 10.2. The SMILES string of the molecule is COCCC(C)Nc1n[nH]c(N)n1. The third-order valence-corrected chi connectivity index (χ3v) is 1.63. The molecule has 0 fully saturated rings. The van der Waals surface area contributed by atoms with Crippen LogP contribution in [0.25, 0.3) is 0 Å². The van der Waals surface area contributed by atoms with Crippen LogP contribution >= 0.6 is 0 Å². The van der Waals surface area contributed by atoms with E-state index in [1.165, 1.54) is 0 Å². The molecule has 0 saturated heterocycles. The van der Waals surface area contributed by atoms with Crippen molar-refractivity contribution >= 4 is 11.9 Å². The van der Waals surface area contributed by atoms with Gasteiger partial charge >= 0.3 is 0 Å². The molecule has 1 atom stereocenters. The van der Waals surface area contributed by atoms with Crippen LogP contribution in [0.2, 0.25) is 0 Å². The third kappa shape index (κ3) is 3.29. The van der Waals surface area contributed by atoms with Crippen LogP contribution in [-0.4, -0.2) is 34.9 Å². The van der Waals surface area contributed by atoms with E-state index in [0.717, 1.165) is 6.42 Å². The lowest BCUT2D eigenvalue weighted by molar-refractivity contribution is 0.191. The first-order valence-corrected chi connectivity index (χ1v) is 4.15. The molecule has 0 spiro atoms. The summed E-state index contributed by atoms with van der Waals surface area (Å²) < 4.78 is 4.94. The molecular formula is C7H15N5O. The molecular weight excluding hydrogens is 170 g/mol. The zero-order chi connectivity index (χ0) is 9.68. The topological polar surface area (TPSA) is 88.8 Å². The van der Waals surface area contributed by atoms with Crippen LogP contribution in [0.3, 0.4) is 0 Å². The molecule has 0 aliphatic carbocycles. The van der Waals surface area contributed by atoms with Crippen LogP contribution in [0, 0.1) is 0 Å². The summed E-state index contributed by atoms with van der Waals surface area (Å²) in [5, 5.41) is 9.49. The predicted molar refractivity (Wildman–Crippen MR) is 50.4 cm³/mol. The number of aromatic amines is 1. The molecule has 0 aliphatic rings. The smallest absolute Gasteiger partial charge is 0.243 e. The first-order valence-electron chi connectivity index (χ1n) is 4.15. The van der Waals surface area contributed by atoms with Gasteiger partial charge in [-0.25, -0.2) is 5.10 Å². The molecule has 0 aliphatic heterocycles. The van der Waals surface area contributed by atoms with E-state index >= 15 is 0 Å². The minimum atomic E-state index is 0.273. The minimum absolute atomic E-state index is 0.273. The Hall–Kier alpha value is -1.30. The van der Waals surface area contributed by atoms with Crippen LogP contribution in [-0.2, 0) is 4.74 Å². The summed E-state index contributed by atoms with van der Waals surface area (Å²) in [7, 11) is 1.68. The summed E-state index contributed by atoms with van der Waals surface area (Å²) in [4.78, 5) is 3.92. The zero-order valence-corrected chi connectivity index (χ0v) is 7.87. The average molecular weight is 185 g/mol. The summed E-state index contributed by atoms with van der Waals surface area (Å²) >= 11 is 0. The van der Waals surface area contributed by atoms with Gasteiger partial charge in [0.15, 0.2) is 0 Å². The molecule has 1 aromatic heterocycles. The lowest BCUT2D eigenvalue weighted by Crippen LogP contribution is -2.18. The van der Waals surface area contributed by atoms with Crippen molar-refractivity contribution in [2.24, 2.45) is 0 Å². The standard InChI is InChI=1S/C7H15N5O/c1-5(3-4-13-2)9-7-10-6(8)11-12-7/h5H,3-4H2,1-2H3,(H4,8,9,10,11,12). The Labute approximate surface area is 76.9 Å². The van der Waals surface area contributed by atoms with Gasteiger partial charge in [-0.2, -0.15) is 4.98 Å². The number of ether oxygens (including phenoxy) is 1. The molecule has 0 saturated carbocycles. The monoisotopic (exact) mass is 185 g/mol. The van der Waals surface area contributed by atoms with E-state index < -0.39 is 0 Å². The fourth-order valence-electron chi connectivity index (χ4n) is 0.926. The molecule has 0 bridgehead atoms. The van der Waals surface area contributed by atoms with Crippen molar-refractivity contribution in [1.29, 1.82) is 0 Å². The van der Waals surface area contributed by atoms with Gasteiger partial charge < -0.3 is 15.8 Å². The number of nitrogen functional groups attached to an aromatic ring is 1. The second-order valence-electron chi connectivity index (χ2n) is 2.87. The minimum Gasteiger partial charge on any atom is -0.385 e. The van der Waals surface area contributed by atoms with Crippen molar-refractivity contribution < 1.29 is 4.74 Å². The molecule has 6 nitrogen and oxygen atoms in total. The van der Waals surface area contributed by atoms with E-state index in [1.54, 1.807) is 7.11 Å². The second-order valence-corrected chi connectivity index (χ2v) is 2.87. The van der Waals surface area contributed by atoms with Crippen molar-refractivity contribution in [1.82, 2.24) is 15.2 Å². The zero-order valence-electron chi connectivity index (χ0n) is 7.87. The Balaban J connectivity index is 2.31. The number of hydrogen-bond donors (Lipinski definition) is 3. The number of methoxy groups -OCH3 is 1. The Morgan fingerprint density at radius 3 is 3.00 bits per heavy atom. The molecule has 0 amide bonds. The van der Waals surface area contributed by atoms with Crippen LogP contribution in [0.15, 0.2) is 0 Å². The number of nitrogens with two attached hydrogens (primary N) is 1. The Morgan fingerprint density at radius 1 is 1.69 bits per heavy atom. The number of nitrogens with zero attached hydrogens (tertiary/aromatic N) is 2. The highest BCUT2D eigenvalue weighted by Gasteiger charge is 2.04.